The van der Waals surface area contributed by atoms with E-state index in [0.29, 0.717) is 5.41 Å². The summed E-state index contributed by atoms with van der Waals surface area (Å²) in [7, 11) is 0. The van der Waals surface area contributed by atoms with Crippen LogP contribution >= 0.6 is 0 Å². The first-order valence-corrected chi connectivity index (χ1v) is 27.8. The van der Waals surface area contributed by atoms with Gasteiger partial charge in [-0.05, 0) is 60.1 Å². The zero-order chi connectivity index (χ0) is 55.6. The molecule has 7 rings (SSSR count). The molecule has 3 aromatic carbocycles. The van der Waals surface area contributed by atoms with Gasteiger partial charge in [-0.1, -0.05) is 207 Å². The fraction of sp³-hybridized carbons (Fsp3) is 0.565. The van der Waals surface area contributed by atoms with Crippen LogP contribution in [0.5, 0.6) is 0 Å². The Labute approximate surface area is 476 Å². The van der Waals surface area contributed by atoms with Gasteiger partial charge in [0.05, 0.1) is 16.6 Å². The first-order valence-electron chi connectivity index (χ1n) is 26.3. The van der Waals surface area contributed by atoms with E-state index < -0.39 is 0 Å². The van der Waals surface area contributed by atoms with Gasteiger partial charge in [-0.2, -0.15) is 0 Å². The smallest absolute Gasteiger partial charge is 0.116 e. The van der Waals surface area contributed by atoms with E-state index in [1.807, 2.05) is 161 Å². The third-order valence-corrected chi connectivity index (χ3v) is 10.3. The fourth-order valence-electron chi connectivity index (χ4n) is 4.58. The van der Waals surface area contributed by atoms with Crippen molar-refractivity contribution in [2.75, 3.05) is 13.2 Å². The second kappa shape index (κ2) is 56.3. The van der Waals surface area contributed by atoms with Crippen molar-refractivity contribution in [3.05, 3.63) is 123 Å². The van der Waals surface area contributed by atoms with Crippen LogP contribution in [0.15, 0.2) is 116 Å². The van der Waals surface area contributed by atoms with Gasteiger partial charge in [0.15, 0.2) is 0 Å². The Hall–Kier alpha value is -2.96. The van der Waals surface area contributed by atoms with Gasteiger partial charge in [0.1, 0.15) is 19.0 Å². The van der Waals surface area contributed by atoms with E-state index in [1.54, 1.807) is 25.1 Å². The molecule has 6 aromatic rings. The van der Waals surface area contributed by atoms with E-state index >= 15 is 0 Å². The minimum absolute atomic E-state index is 0. The molecule has 0 bridgehead atoms. The normalized spacial score (nSPS) is 10.6. The molecule has 0 spiro atoms. The topological polar surface area (TPSA) is 86.6 Å². The van der Waals surface area contributed by atoms with E-state index in [2.05, 4.69) is 134 Å². The molecule has 1 aliphatic heterocycles. The van der Waals surface area contributed by atoms with Crippen LogP contribution in [0.4, 0.5) is 0 Å². The maximum Gasteiger partial charge on any atom is 0.116 e. The summed E-state index contributed by atoms with van der Waals surface area (Å²) in [5.74, 6) is 3.38. The first-order chi connectivity index (χ1) is 33.2. The van der Waals surface area contributed by atoms with Crippen LogP contribution in [-0.2, 0) is 56.8 Å². The van der Waals surface area contributed by atoms with Gasteiger partial charge < -0.3 is 4.74 Å². The van der Waals surface area contributed by atoms with Gasteiger partial charge in [-0.25, -0.2) is 29.9 Å². The molecule has 7 nitrogen and oxygen atoms in total. The second-order valence-electron chi connectivity index (χ2n) is 18.5. The number of fused-ring (bicyclic) bond motifs is 3. The number of allylic oxidation sites excluding steroid dienone is 1. The number of hydrogen-bond acceptors (Lipinski definition) is 7. The number of aromatic nitrogens is 6. The largest absolute Gasteiger partial charge is 0.244 e. The van der Waals surface area contributed by atoms with Gasteiger partial charge in [-0.15, -0.1) is 0 Å². The maximum atomic E-state index is 5.32. The number of nitrogens with zero attached hydrogens (tertiary/aromatic N) is 6. The zero-order valence-electron chi connectivity index (χ0n) is 50.3. The molecular formula is C62H107N6OWY-. The molecule has 1 fully saturated rings. The summed E-state index contributed by atoms with van der Waals surface area (Å²) in [5, 5.41) is 3.26. The van der Waals surface area contributed by atoms with Gasteiger partial charge in [-0.3, -0.25) is 0 Å². The molecule has 401 valence electrons. The summed E-state index contributed by atoms with van der Waals surface area (Å²) in [6.07, 6.45) is 14.3. The van der Waals surface area contributed by atoms with Crippen molar-refractivity contribution in [3.63, 3.8) is 0 Å². The number of para-hydroxylation sites is 3. The molecule has 1 radical (unpaired) electrons. The standard InChI is InChI=1S/C9H18O.3C8H6N2.C7H11.3C4H10.5C2H6.W.Y/c1-9(2,3)8-4-6-10-7-5-8;3*1-2-4-8-7(3-1)5-9-6-10-8;1-5-6-7(2,3)4;3*1-4(2)3;5*1-2;;/h8H,4-7H2,1-3H3;3*1-6H;1,5H,2-4H3;3*4H,1-3H3;5*1-2H3;;/q;;;;-1;;;;;;;;;;. The Morgan fingerprint density at radius 3 is 0.915 bits per heavy atom. The van der Waals surface area contributed by atoms with E-state index in [9.17, 15) is 0 Å². The zero-order valence-corrected chi connectivity index (χ0v) is 56.0. The fourth-order valence-corrected chi connectivity index (χ4v) is 4.58. The molecule has 0 N–H and O–H groups in total. The van der Waals surface area contributed by atoms with Crippen LogP contribution in [0, 0.1) is 41.1 Å². The maximum absolute atomic E-state index is 5.32. The third-order valence-electron chi connectivity index (χ3n) is 7.58. The molecule has 0 atom stereocenters. The van der Waals surface area contributed by atoms with Gasteiger partial charge in [0, 0.05) is 80.7 Å². The van der Waals surface area contributed by atoms with Crippen molar-refractivity contribution in [1.82, 2.24) is 29.9 Å². The quantitative estimate of drug-likeness (QED) is 0.152. The molecule has 3 aromatic heterocycles. The summed E-state index contributed by atoms with van der Waals surface area (Å²) in [4.78, 5) is 23.9. The Bertz CT molecular complexity index is 1610. The molecule has 0 amide bonds. The Morgan fingerprint density at radius 1 is 0.507 bits per heavy atom. The monoisotopic (exact) mass is 1220 g/mol. The SMILES string of the molecule is CC.CC.CC.CC.CC.CC(C)(C)C1CCOCC1.CC(C)C.CC(C)C.CC(C)C.[CH-]=C[C](=[W])C(C)(C)C.[Y].c1ccc2ncncc2c1.c1ccc2ncncc2c1.c1ccc2ncncc2c1. The van der Waals surface area contributed by atoms with Crippen molar-refractivity contribution in [2.45, 2.75) is 186 Å². The molecule has 0 unspecified atom stereocenters. The minimum Gasteiger partial charge on any atom is -0.244 e. The predicted octanol–water partition coefficient (Wildman–Crippen LogP) is 19.2. The average molecular weight is 1230 g/mol. The summed E-state index contributed by atoms with van der Waals surface area (Å²) in [5.41, 5.74) is 3.76. The molecular weight excluding hydrogens is 1120 g/mol. The van der Waals surface area contributed by atoms with Crippen molar-refractivity contribution in [2.24, 2.45) is 34.5 Å². The van der Waals surface area contributed by atoms with Crippen molar-refractivity contribution >= 4 is 36.6 Å². The molecule has 0 aliphatic carbocycles. The number of hydrogen-bond donors (Lipinski definition) is 0. The predicted molar refractivity (Wildman–Crippen MR) is 313 cm³/mol. The molecule has 9 heteroatoms. The Kier molecular flexibility index (Phi) is 65.1. The van der Waals surface area contributed by atoms with Gasteiger partial charge in [0.2, 0.25) is 0 Å². The summed E-state index contributed by atoms with van der Waals surface area (Å²) < 4.78 is 6.61. The van der Waals surface area contributed by atoms with E-state index in [-0.39, 0.29) is 38.1 Å². The van der Waals surface area contributed by atoms with E-state index in [4.69, 9.17) is 11.3 Å². The Morgan fingerprint density at radius 2 is 0.746 bits per heavy atom. The molecule has 1 aliphatic rings. The molecule has 71 heavy (non-hydrogen) atoms. The molecule has 1 saturated heterocycles. The number of benzene rings is 3. The van der Waals surface area contributed by atoms with Gasteiger partial charge >= 0.3 is 62.1 Å². The van der Waals surface area contributed by atoms with Crippen LogP contribution in [0.2, 0.25) is 0 Å². The van der Waals surface area contributed by atoms with E-state index in [1.165, 1.54) is 36.1 Å². The third kappa shape index (κ3) is 53.2. The van der Waals surface area contributed by atoms with Crippen LogP contribution < -0.4 is 0 Å². The van der Waals surface area contributed by atoms with Crippen molar-refractivity contribution in [1.29, 1.82) is 0 Å². The van der Waals surface area contributed by atoms with Crippen LogP contribution in [0.3, 0.4) is 0 Å². The van der Waals surface area contributed by atoms with Gasteiger partial charge in [0.25, 0.3) is 0 Å². The first kappa shape index (κ1) is 82.1. The minimum atomic E-state index is 0. The van der Waals surface area contributed by atoms with E-state index in [0.717, 1.165) is 69.6 Å². The summed E-state index contributed by atoms with van der Waals surface area (Å²) >= 11 is 1.47. The Balaban J connectivity index is -0.000000131. The average Bonchev–Trinajstić information content (AvgIpc) is 3.37. The second-order valence-corrected chi connectivity index (χ2v) is 20.1. The summed E-state index contributed by atoms with van der Waals surface area (Å²) in [6, 6.07) is 23.7. The summed E-state index contributed by atoms with van der Waals surface area (Å²) in [6.45, 7) is 60.2. The molecule has 0 saturated carbocycles. The van der Waals surface area contributed by atoms with Crippen LogP contribution in [0.1, 0.15) is 186 Å². The van der Waals surface area contributed by atoms with Crippen molar-refractivity contribution < 1.29 is 56.8 Å². The van der Waals surface area contributed by atoms with Crippen LogP contribution in [-0.4, -0.2) is 47.0 Å². The molecule has 4 heterocycles. The van der Waals surface area contributed by atoms with Crippen molar-refractivity contribution in [3.8, 4) is 0 Å². The number of rotatable bonds is 1. The van der Waals surface area contributed by atoms with Crippen LogP contribution in [0.25, 0.3) is 32.7 Å². The number of ether oxygens (including phenoxy) is 1.